The highest BCUT2D eigenvalue weighted by molar-refractivity contribution is 9.72. The van der Waals surface area contributed by atoms with Crippen LogP contribution in [0.25, 0.3) is 0 Å². The average Bonchev–Trinajstić information content (AvgIpc) is 1.92. The van der Waals surface area contributed by atoms with Gasteiger partial charge < -0.3 is 0 Å². The van der Waals surface area contributed by atoms with Gasteiger partial charge in [-0.3, -0.25) is 0 Å². The molecule has 0 fully saturated rings. The minimum Gasteiger partial charge on any atom is -0.127 e. The SMILES string of the molecule is C[Si](C)(Br)CCCCCC[Si](Br)(Br)Br. The summed E-state index contributed by atoms with van der Waals surface area (Å²) in [5, 5.41) is 0. The van der Waals surface area contributed by atoms with Gasteiger partial charge in [-0.15, -0.1) is 15.3 Å². The normalized spacial score (nSPS) is 13.3. The molecule has 0 heterocycles. The van der Waals surface area contributed by atoms with E-state index in [4.69, 9.17) is 0 Å². The van der Waals surface area contributed by atoms with E-state index < -0.39 is 10.6 Å². The lowest BCUT2D eigenvalue weighted by Crippen LogP contribution is -2.14. The quantitative estimate of drug-likeness (QED) is 0.224. The standard InChI is InChI=1S/C8H18Br4Si2/c1-13(2,9)7-5-3-4-6-8-14(10,11)12/h3-8H2,1-2H3. The van der Waals surface area contributed by atoms with E-state index in [1.54, 1.807) is 0 Å². The van der Waals surface area contributed by atoms with Crippen LogP contribution in [0.15, 0.2) is 0 Å². The molecule has 0 aliphatic heterocycles. The maximum atomic E-state index is 3.80. The van der Waals surface area contributed by atoms with Gasteiger partial charge in [0.05, 0.1) is 0 Å². The third kappa shape index (κ3) is 14.4. The van der Waals surface area contributed by atoms with Gasteiger partial charge in [0, 0.05) is 0 Å². The fourth-order valence-electron chi connectivity index (χ4n) is 1.22. The van der Waals surface area contributed by atoms with Gasteiger partial charge in [0.25, 0.3) is 3.93 Å². The Bertz CT molecular complexity index is 132. The molecule has 0 spiro atoms. The van der Waals surface area contributed by atoms with Crippen molar-refractivity contribution in [1.29, 1.82) is 0 Å². The predicted octanol–water partition coefficient (Wildman–Crippen LogP) is 6.27. The Morgan fingerprint density at radius 3 is 1.50 bits per heavy atom. The van der Waals surface area contributed by atoms with Crippen molar-refractivity contribution in [3.8, 4) is 0 Å². The van der Waals surface area contributed by atoms with Crippen molar-refractivity contribution < 1.29 is 0 Å². The van der Waals surface area contributed by atoms with Gasteiger partial charge in [-0.05, 0) is 12.1 Å². The minimum absolute atomic E-state index is 0.961. The zero-order chi connectivity index (χ0) is 11.2. The van der Waals surface area contributed by atoms with E-state index in [1.807, 2.05) is 0 Å². The fraction of sp³-hybridized carbons (Fsp3) is 1.00. The van der Waals surface area contributed by atoms with E-state index in [0.29, 0.717) is 0 Å². The van der Waals surface area contributed by atoms with E-state index in [-0.39, 0.29) is 0 Å². The molecule has 86 valence electrons. The van der Waals surface area contributed by atoms with Crippen LogP contribution in [0.1, 0.15) is 25.7 Å². The van der Waals surface area contributed by atoms with E-state index in [2.05, 4.69) is 74.3 Å². The van der Waals surface area contributed by atoms with Crippen molar-refractivity contribution >= 4 is 71.8 Å². The summed E-state index contributed by atoms with van der Waals surface area (Å²) in [7, 11) is 0. The molecule has 0 bridgehead atoms. The Morgan fingerprint density at radius 2 is 1.14 bits per heavy atom. The first-order valence-electron chi connectivity index (χ1n) is 4.96. The highest BCUT2D eigenvalue weighted by Crippen LogP contribution is 2.33. The molecule has 0 aliphatic rings. The van der Waals surface area contributed by atoms with Crippen LogP contribution in [0.4, 0.5) is 0 Å². The number of hydrogen-bond acceptors (Lipinski definition) is 0. The third-order valence-corrected chi connectivity index (χ3v) is 9.20. The van der Waals surface area contributed by atoms with E-state index >= 15 is 0 Å². The molecule has 0 nitrogen and oxygen atoms in total. The lowest BCUT2D eigenvalue weighted by Gasteiger charge is -2.13. The molecule has 0 saturated heterocycles. The summed E-state index contributed by atoms with van der Waals surface area (Å²) in [6.45, 7) is 3.79. The zero-order valence-corrected chi connectivity index (χ0v) is 17.1. The molecule has 0 N–H and O–H groups in total. The second kappa shape index (κ2) is 7.64. The lowest BCUT2D eigenvalue weighted by atomic mass is 10.2. The van der Waals surface area contributed by atoms with Crippen molar-refractivity contribution in [3.63, 3.8) is 0 Å². The summed E-state index contributed by atoms with van der Waals surface area (Å²) in [6.07, 6.45) is 5.48. The molecule has 0 unspecified atom stereocenters. The first-order chi connectivity index (χ1) is 6.21. The van der Waals surface area contributed by atoms with Gasteiger partial charge in [-0.1, -0.05) is 84.7 Å². The first kappa shape index (κ1) is 16.4. The van der Waals surface area contributed by atoms with Gasteiger partial charge in [-0.2, -0.15) is 0 Å². The number of halogens is 4. The molecule has 0 amide bonds. The topological polar surface area (TPSA) is 0 Å². The van der Waals surface area contributed by atoms with Crippen molar-refractivity contribution in [2.45, 2.75) is 50.9 Å². The third-order valence-electron chi connectivity index (χ3n) is 1.98. The van der Waals surface area contributed by atoms with E-state index in [0.717, 1.165) is 0 Å². The van der Waals surface area contributed by atoms with Crippen molar-refractivity contribution in [2.75, 3.05) is 0 Å². The van der Waals surface area contributed by atoms with Crippen LogP contribution in [0.5, 0.6) is 0 Å². The molecule has 0 aromatic heterocycles. The Kier molecular flexibility index (Phi) is 8.92. The number of hydrogen-bond donors (Lipinski definition) is 0. The number of rotatable bonds is 7. The van der Waals surface area contributed by atoms with Gasteiger partial charge in [-0.25, -0.2) is 0 Å². The summed E-state index contributed by atoms with van der Waals surface area (Å²) < 4.78 is -1.32. The molecular formula is C8H18Br4Si2. The minimum atomic E-state index is -1.32. The molecular weight excluding hydrogens is 472 g/mol. The molecule has 0 aromatic rings. The van der Waals surface area contributed by atoms with Gasteiger partial charge in [0.15, 0.2) is 0 Å². The van der Waals surface area contributed by atoms with E-state index in [9.17, 15) is 0 Å². The lowest BCUT2D eigenvalue weighted by molar-refractivity contribution is 0.697. The van der Waals surface area contributed by atoms with Crippen LogP contribution in [-0.4, -0.2) is 10.6 Å². The molecule has 14 heavy (non-hydrogen) atoms. The Hall–Kier alpha value is 2.35. The van der Waals surface area contributed by atoms with Crippen LogP contribution in [0.2, 0.25) is 25.2 Å². The summed E-state index contributed by atoms with van der Waals surface area (Å²) in [4.78, 5) is 0. The summed E-state index contributed by atoms with van der Waals surface area (Å²) in [5.74, 6) is 0. The highest BCUT2D eigenvalue weighted by Gasteiger charge is 2.20. The zero-order valence-electron chi connectivity index (χ0n) is 8.75. The van der Waals surface area contributed by atoms with Crippen LogP contribution >= 0.6 is 61.2 Å². The second-order valence-electron chi connectivity index (χ2n) is 4.25. The van der Waals surface area contributed by atoms with Crippen molar-refractivity contribution in [2.24, 2.45) is 0 Å². The summed E-state index contributed by atoms with van der Waals surface area (Å²) in [6, 6.07) is 2.68. The van der Waals surface area contributed by atoms with Gasteiger partial charge in [0.2, 0.25) is 0 Å². The van der Waals surface area contributed by atoms with Crippen molar-refractivity contribution in [3.05, 3.63) is 0 Å². The second-order valence-corrected chi connectivity index (χ2v) is 38.1. The molecule has 6 heteroatoms. The highest BCUT2D eigenvalue weighted by atomic mass is 80.0. The van der Waals surface area contributed by atoms with Crippen molar-refractivity contribution in [1.82, 2.24) is 0 Å². The maximum Gasteiger partial charge on any atom is 0.267 e. The first-order valence-corrected chi connectivity index (χ1v) is 19.4. The Morgan fingerprint density at radius 1 is 0.714 bits per heavy atom. The van der Waals surface area contributed by atoms with Gasteiger partial charge in [0.1, 0.15) is 6.69 Å². The fourth-order valence-corrected chi connectivity index (χ4v) is 6.33. The van der Waals surface area contributed by atoms with Crippen LogP contribution in [-0.2, 0) is 0 Å². The van der Waals surface area contributed by atoms with E-state index in [1.165, 1.54) is 37.8 Å². The Labute approximate surface area is 121 Å². The van der Waals surface area contributed by atoms with Crippen LogP contribution in [0.3, 0.4) is 0 Å². The molecule has 0 rings (SSSR count). The molecule has 0 saturated carbocycles. The molecule has 0 radical (unpaired) electrons. The van der Waals surface area contributed by atoms with Crippen LogP contribution in [0, 0.1) is 0 Å². The predicted molar refractivity (Wildman–Crippen MR) is 87.0 cm³/mol. The summed E-state index contributed by atoms with van der Waals surface area (Å²) in [5.41, 5.74) is 0. The largest absolute Gasteiger partial charge is 0.267 e. The maximum absolute atomic E-state index is 3.80. The number of unbranched alkanes of at least 4 members (excludes halogenated alkanes) is 3. The monoisotopic (exact) mass is 486 g/mol. The molecule has 0 atom stereocenters. The molecule has 0 aromatic carbocycles. The Balaban J connectivity index is 3.23. The van der Waals surface area contributed by atoms with Crippen LogP contribution < -0.4 is 0 Å². The molecule has 0 aliphatic carbocycles. The average molecular weight is 490 g/mol. The summed E-state index contributed by atoms with van der Waals surface area (Å²) >= 11 is 14.8. The smallest absolute Gasteiger partial charge is 0.127 e. The van der Waals surface area contributed by atoms with Gasteiger partial charge >= 0.3 is 0 Å².